The summed E-state index contributed by atoms with van der Waals surface area (Å²) in [5, 5.41) is 3.82. The molecular formula is C34H41NO5S. The lowest BCUT2D eigenvalue weighted by Gasteiger charge is -2.58. The standard InChI is InChI=1S/C34H41NO5S/c1-22-5-13-28(14-6-22)41(36,37)40-27-20-32-31-15-7-23-19-26(39-4)12-16-29(23)30(31)17-18-34(32,2)33(21-27)35-24-8-10-25(38-3)11-9-24/h5-6,8-14,16,19,27,30-33,35H,7,15,17-18,20-21H2,1-4H3/t27-,30+,31+,32-,33-,34-/m0/s1. The van der Waals surface area contributed by atoms with E-state index < -0.39 is 16.2 Å². The summed E-state index contributed by atoms with van der Waals surface area (Å²) in [6, 6.07) is 21.6. The van der Waals surface area contributed by atoms with Crippen LogP contribution in [0.2, 0.25) is 0 Å². The van der Waals surface area contributed by atoms with Gasteiger partial charge in [0.2, 0.25) is 0 Å². The molecule has 7 heteroatoms. The summed E-state index contributed by atoms with van der Waals surface area (Å²) >= 11 is 0. The topological polar surface area (TPSA) is 73.9 Å². The van der Waals surface area contributed by atoms with E-state index in [1.165, 1.54) is 11.1 Å². The lowest BCUT2D eigenvalue weighted by molar-refractivity contribution is -0.0517. The van der Waals surface area contributed by atoms with E-state index in [1.54, 1.807) is 26.4 Å². The summed E-state index contributed by atoms with van der Waals surface area (Å²) in [4.78, 5) is 0.221. The fourth-order valence-corrected chi connectivity index (χ4v) is 9.05. The van der Waals surface area contributed by atoms with Crippen LogP contribution in [-0.2, 0) is 20.7 Å². The molecule has 0 radical (unpaired) electrons. The molecule has 2 saturated carbocycles. The fraction of sp³-hybridized carbons (Fsp3) is 0.471. The third-order valence-corrected chi connectivity index (χ3v) is 11.6. The van der Waals surface area contributed by atoms with Crippen LogP contribution in [0.4, 0.5) is 5.69 Å². The van der Waals surface area contributed by atoms with Gasteiger partial charge in [-0.15, -0.1) is 0 Å². The van der Waals surface area contributed by atoms with Crippen molar-refractivity contribution < 1.29 is 22.1 Å². The fourth-order valence-electron chi connectivity index (χ4n) is 7.95. The van der Waals surface area contributed by atoms with Gasteiger partial charge in [-0.1, -0.05) is 30.7 Å². The van der Waals surface area contributed by atoms with Gasteiger partial charge in [-0.25, -0.2) is 0 Å². The summed E-state index contributed by atoms with van der Waals surface area (Å²) in [5.41, 5.74) is 4.89. The molecular weight excluding hydrogens is 534 g/mol. The minimum absolute atomic E-state index is 0.0124. The van der Waals surface area contributed by atoms with Gasteiger partial charge in [-0.05, 0) is 128 Å². The van der Waals surface area contributed by atoms with E-state index in [1.807, 2.05) is 43.3 Å². The summed E-state index contributed by atoms with van der Waals surface area (Å²) in [7, 11) is -0.490. The molecule has 0 heterocycles. The first-order valence-electron chi connectivity index (χ1n) is 14.8. The molecule has 0 amide bonds. The quantitative estimate of drug-likeness (QED) is 0.302. The van der Waals surface area contributed by atoms with Crippen molar-refractivity contribution in [1.82, 2.24) is 0 Å². The van der Waals surface area contributed by atoms with E-state index in [9.17, 15) is 8.42 Å². The molecule has 0 bridgehead atoms. The van der Waals surface area contributed by atoms with Crippen molar-refractivity contribution in [1.29, 1.82) is 0 Å². The number of aryl methyl sites for hydroxylation is 2. The van der Waals surface area contributed by atoms with E-state index in [0.717, 1.165) is 54.9 Å². The molecule has 0 aromatic heterocycles. The number of fused-ring (bicyclic) bond motifs is 5. The third kappa shape index (κ3) is 5.35. The van der Waals surface area contributed by atoms with Crippen molar-refractivity contribution in [3.8, 4) is 11.5 Å². The van der Waals surface area contributed by atoms with E-state index in [0.29, 0.717) is 24.2 Å². The zero-order valence-corrected chi connectivity index (χ0v) is 25.2. The number of benzene rings is 3. The molecule has 3 aliphatic carbocycles. The van der Waals surface area contributed by atoms with Crippen molar-refractivity contribution in [3.63, 3.8) is 0 Å². The first-order chi connectivity index (χ1) is 19.7. The number of anilines is 1. The van der Waals surface area contributed by atoms with Crippen molar-refractivity contribution in [2.24, 2.45) is 17.3 Å². The zero-order valence-electron chi connectivity index (χ0n) is 24.4. The molecule has 0 aliphatic heterocycles. The second-order valence-electron chi connectivity index (χ2n) is 12.4. The second kappa shape index (κ2) is 11.0. The molecule has 3 aromatic carbocycles. The smallest absolute Gasteiger partial charge is 0.297 e. The van der Waals surface area contributed by atoms with Crippen LogP contribution in [0.1, 0.15) is 61.6 Å². The zero-order chi connectivity index (χ0) is 28.8. The highest BCUT2D eigenvalue weighted by Crippen LogP contribution is 2.60. The molecule has 218 valence electrons. The average molecular weight is 576 g/mol. The number of nitrogens with one attached hydrogen (secondary N) is 1. The van der Waals surface area contributed by atoms with Gasteiger partial charge in [-0.3, -0.25) is 4.18 Å². The Bertz CT molecular complexity index is 1490. The highest BCUT2D eigenvalue weighted by Gasteiger charge is 2.55. The Balaban J connectivity index is 1.32. The molecule has 0 saturated heterocycles. The number of ether oxygens (including phenoxy) is 2. The maximum absolute atomic E-state index is 13.4. The lowest BCUT2D eigenvalue weighted by atomic mass is 9.49. The van der Waals surface area contributed by atoms with Gasteiger partial charge >= 0.3 is 0 Å². The Labute approximate surface area is 244 Å². The highest BCUT2D eigenvalue weighted by molar-refractivity contribution is 7.86. The molecule has 6 atom stereocenters. The Morgan fingerprint density at radius 3 is 2.29 bits per heavy atom. The monoisotopic (exact) mass is 575 g/mol. The van der Waals surface area contributed by atoms with Gasteiger partial charge in [0.1, 0.15) is 11.5 Å². The number of rotatable bonds is 7. The maximum Gasteiger partial charge on any atom is 0.297 e. The first-order valence-corrected chi connectivity index (χ1v) is 16.2. The van der Waals surface area contributed by atoms with Crippen LogP contribution in [0.15, 0.2) is 71.6 Å². The molecule has 6 nitrogen and oxygen atoms in total. The van der Waals surface area contributed by atoms with E-state index in [2.05, 4.69) is 30.4 Å². The minimum atomic E-state index is -3.88. The normalized spacial score (nSPS) is 29.0. The lowest BCUT2D eigenvalue weighted by Crippen LogP contribution is -2.57. The predicted octanol–water partition coefficient (Wildman–Crippen LogP) is 7.12. The van der Waals surface area contributed by atoms with Crippen LogP contribution in [0.5, 0.6) is 11.5 Å². The summed E-state index contributed by atoms with van der Waals surface area (Å²) in [5.74, 6) is 3.00. The Kier molecular flexibility index (Phi) is 7.53. The second-order valence-corrected chi connectivity index (χ2v) is 14.0. The minimum Gasteiger partial charge on any atom is -0.497 e. The molecule has 6 rings (SSSR count). The van der Waals surface area contributed by atoms with E-state index >= 15 is 0 Å². The number of hydrogen-bond acceptors (Lipinski definition) is 6. The largest absolute Gasteiger partial charge is 0.497 e. The van der Waals surface area contributed by atoms with Gasteiger partial charge in [0.15, 0.2) is 0 Å². The first kappa shape index (κ1) is 28.1. The van der Waals surface area contributed by atoms with E-state index in [-0.39, 0.29) is 16.4 Å². The van der Waals surface area contributed by atoms with Gasteiger partial charge in [0, 0.05) is 11.7 Å². The Hall–Kier alpha value is -3.03. The van der Waals surface area contributed by atoms with Gasteiger partial charge in [0.25, 0.3) is 10.1 Å². The van der Waals surface area contributed by atoms with Gasteiger partial charge < -0.3 is 14.8 Å². The Morgan fingerprint density at radius 2 is 1.59 bits per heavy atom. The average Bonchev–Trinajstić information content (AvgIpc) is 2.97. The molecule has 1 N–H and O–H groups in total. The number of methoxy groups -OCH3 is 2. The SMILES string of the molecule is COc1ccc(N[C@H]2C[C@@H](OS(=O)(=O)c3ccc(C)cc3)C[C@H]3[C@@H]4CCc5cc(OC)ccc5[C@H]4CC[C@]23C)cc1. The van der Waals surface area contributed by atoms with Crippen LogP contribution in [-0.4, -0.2) is 34.8 Å². The molecule has 3 aromatic rings. The van der Waals surface area contributed by atoms with Gasteiger partial charge in [0.05, 0.1) is 25.2 Å². The van der Waals surface area contributed by atoms with Crippen LogP contribution in [0.3, 0.4) is 0 Å². The molecule has 41 heavy (non-hydrogen) atoms. The van der Waals surface area contributed by atoms with Crippen molar-refractivity contribution in [3.05, 3.63) is 83.4 Å². The summed E-state index contributed by atoms with van der Waals surface area (Å²) < 4.78 is 43.8. The maximum atomic E-state index is 13.4. The Morgan fingerprint density at radius 1 is 0.878 bits per heavy atom. The van der Waals surface area contributed by atoms with Crippen LogP contribution >= 0.6 is 0 Å². The third-order valence-electron chi connectivity index (χ3n) is 10.2. The van der Waals surface area contributed by atoms with Crippen molar-refractivity contribution >= 4 is 15.8 Å². The summed E-state index contributed by atoms with van der Waals surface area (Å²) in [6.07, 6.45) is 5.30. The van der Waals surface area contributed by atoms with Gasteiger partial charge in [-0.2, -0.15) is 8.42 Å². The van der Waals surface area contributed by atoms with Crippen LogP contribution < -0.4 is 14.8 Å². The highest BCUT2D eigenvalue weighted by atomic mass is 32.2. The summed E-state index contributed by atoms with van der Waals surface area (Å²) in [6.45, 7) is 4.37. The van der Waals surface area contributed by atoms with E-state index in [4.69, 9.17) is 13.7 Å². The van der Waals surface area contributed by atoms with Crippen molar-refractivity contribution in [2.75, 3.05) is 19.5 Å². The molecule has 0 spiro atoms. The number of hydrogen-bond donors (Lipinski definition) is 1. The molecule has 2 fully saturated rings. The van der Waals surface area contributed by atoms with Crippen molar-refractivity contribution in [2.45, 2.75) is 75.3 Å². The van der Waals surface area contributed by atoms with Crippen LogP contribution in [0, 0.1) is 24.2 Å². The predicted molar refractivity (Wildman–Crippen MR) is 161 cm³/mol. The van der Waals surface area contributed by atoms with Crippen LogP contribution in [0.25, 0.3) is 0 Å². The molecule has 0 unspecified atom stereocenters. The molecule has 3 aliphatic rings.